The number of H-pyrrole nitrogens is 1. The maximum absolute atomic E-state index is 10.0. The number of phenols is 1. The van der Waals surface area contributed by atoms with Crippen LogP contribution in [0.3, 0.4) is 0 Å². The van der Waals surface area contributed by atoms with Gasteiger partial charge in [0.15, 0.2) is 0 Å². The fraction of sp³-hybridized carbons (Fsp3) is 0.0714. The van der Waals surface area contributed by atoms with Crippen molar-refractivity contribution >= 4 is 11.0 Å². The summed E-state index contributed by atoms with van der Waals surface area (Å²) in [6, 6.07) is 13.5. The maximum Gasteiger partial charge on any atom is 0.142 e. The lowest BCUT2D eigenvalue weighted by atomic mass is 10.1. The van der Waals surface area contributed by atoms with Gasteiger partial charge in [-0.05, 0) is 30.7 Å². The van der Waals surface area contributed by atoms with Crippen molar-refractivity contribution in [3.8, 4) is 17.1 Å². The zero-order chi connectivity index (χ0) is 11.8. The molecule has 17 heavy (non-hydrogen) atoms. The number of aromatic hydroxyl groups is 1. The second-order valence-electron chi connectivity index (χ2n) is 4.07. The van der Waals surface area contributed by atoms with Gasteiger partial charge in [0.25, 0.3) is 0 Å². The molecule has 0 radical (unpaired) electrons. The molecule has 3 aromatic rings. The molecule has 0 bridgehead atoms. The molecule has 0 fully saturated rings. The number of aromatic nitrogens is 2. The average Bonchev–Trinajstić information content (AvgIpc) is 2.76. The number of aryl methyl sites for hydroxylation is 1. The average molecular weight is 224 g/mol. The number of hydrogen-bond acceptors (Lipinski definition) is 2. The number of benzene rings is 2. The molecule has 3 heteroatoms. The van der Waals surface area contributed by atoms with E-state index in [2.05, 4.69) is 9.97 Å². The van der Waals surface area contributed by atoms with Crippen molar-refractivity contribution in [3.05, 3.63) is 48.0 Å². The van der Waals surface area contributed by atoms with Gasteiger partial charge < -0.3 is 10.1 Å². The van der Waals surface area contributed by atoms with Gasteiger partial charge in [0.1, 0.15) is 11.6 Å². The fourth-order valence-corrected chi connectivity index (χ4v) is 1.93. The van der Waals surface area contributed by atoms with Gasteiger partial charge in [0, 0.05) is 0 Å². The van der Waals surface area contributed by atoms with E-state index in [1.54, 1.807) is 0 Å². The first-order valence-electron chi connectivity index (χ1n) is 5.49. The topological polar surface area (TPSA) is 48.9 Å². The predicted octanol–water partition coefficient (Wildman–Crippen LogP) is 3.24. The smallest absolute Gasteiger partial charge is 0.142 e. The van der Waals surface area contributed by atoms with Crippen molar-refractivity contribution in [2.24, 2.45) is 0 Å². The van der Waals surface area contributed by atoms with E-state index < -0.39 is 0 Å². The quantitative estimate of drug-likeness (QED) is 0.666. The summed E-state index contributed by atoms with van der Waals surface area (Å²) in [6.07, 6.45) is 0. The standard InChI is InChI=1S/C14H12N2O/c1-9-5-4-6-10(13(9)17)14-15-11-7-2-3-8-12(11)16-14/h2-8,17H,1H3,(H,15,16). The Morgan fingerprint density at radius 3 is 2.71 bits per heavy atom. The first-order chi connectivity index (χ1) is 8.25. The van der Waals surface area contributed by atoms with Crippen LogP contribution in [-0.2, 0) is 0 Å². The third kappa shape index (κ3) is 1.56. The number of nitrogens with zero attached hydrogens (tertiary/aromatic N) is 1. The maximum atomic E-state index is 10.0. The van der Waals surface area contributed by atoms with Crippen LogP contribution in [0.2, 0.25) is 0 Å². The summed E-state index contributed by atoms with van der Waals surface area (Å²) in [5.74, 6) is 0.985. The highest BCUT2D eigenvalue weighted by Gasteiger charge is 2.10. The Hall–Kier alpha value is -2.29. The van der Waals surface area contributed by atoms with Crippen molar-refractivity contribution in [1.29, 1.82) is 0 Å². The molecule has 3 rings (SSSR count). The number of hydrogen-bond donors (Lipinski definition) is 2. The summed E-state index contributed by atoms with van der Waals surface area (Å²) in [7, 11) is 0. The van der Waals surface area contributed by atoms with Gasteiger partial charge in [-0.1, -0.05) is 24.3 Å². The van der Waals surface area contributed by atoms with Crippen LogP contribution >= 0.6 is 0 Å². The summed E-state index contributed by atoms with van der Waals surface area (Å²) in [4.78, 5) is 7.68. The molecule has 2 N–H and O–H groups in total. The number of para-hydroxylation sites is 3. The normalized spacial score (nSPS) is 10.9. The number of rotatable bonds is 1. The molecule has 0 unspecified atom stereocenters. The molecule has 0 spiro atoms. The molecule has 2 aromatic carbocycles. The first-order valence-corrected chi connectivity index (χ1v) is 5.49. The number of phenolic OH excluding ortho intramolecular Hbond substituents is 1. The van der Waals surface area contributed by atoms with Gasteiger partial charge in [-0.15, -0.1) is 0 Å². The van der Waals surface area contributed by atoms with Crippen LogP contribution in [0.25, 0.3) is 22.4 Å². The molecule has 1 heterocycles. The predicted molar refractivity (Wildman–Crippen MR) is 67.9 cm³/mol. The second-order valence-corrected chi connectivity index (χ2v) is 4.07. The monoisotopic (exact) mass is 224 g/mol. The lowest BCUT2D eigenvalue weighted by molar-refractivity contribution is 0.473. The van der Waals surface area contributed by atoms with Crippen LogP contribution < -0.4 is 0 Å². The molecule has 0 aliphatic carbocycles. The molecule has 3 nitrogen and oxygen atoms in total. The molecule has 84 valence electrons. The Bertz CT molecular complexity index is 653. The highest BCUT2D eigenvalue weighted by Crippen LogP contribution is 2.30. The van der Waals surface area contributed by atoms with Crippen LogP contribution in [-0.4, -0.2) is 15.1 Å². The Kier molecular flexibility index (Phi) is 2.11. The van der Waals surface area contributed by atoms with Crippen LogP contribution in [0.4, 0.5) is 0 Å². The van der Waals surface area contributed by atoms with Crippen molar-refractivity contribution in [2.75, 3.05) is 0 Å². The van der Waals surface area contributed by atoms with E-state index in [0.717, 1.165) is 22.2 Å². The summed E-state index contributed by atoms with van der Waals surface area (Å²) in [5.41, 5.74) is 3.47. The zero-order valence-electron chi connectivity index (χ0n) is 9.44. The summed E-state index contributed by atoms with van der Waals surface area (Å²) < 4.78 is 0. The van der Waals surface area contributed by atoms with Gasteiger partial charge in [-0.2, -0.15) is 0 Å². The van der Waals surface area contributed by atoms with Crippen LogP contribution in [0.5, 0.6) is 5.75 Å². The van der Waals surface area contributed by atoms with E-state index in [-0.39, 0.29) is 5.75 Å². The lowest BCUT2D eigenvalue weighted by Gasteiger charge is -2.03. The van der Waals surface area contributed by atoms with Gasteiger partial charge >= 0.3 is 0 Å². The number of aromatic amines is 1. The molecule has 0 saturated heterocycles. The van der Waals surface area contributed by atoms with Crippen LogP contribution in [0.1, 0.15) is 5.56 Å². The minimum Gasteiger partial charge on any atom is -0.507 e. The van der Waals surface area contributed by atoms with E-state index >= 15 is 0 Å². The first kappa shape index (κ1) is 9.90. The third-order valence-corrected chi connectivity index (χ3v) is 2.88. The summed E-state index contributed by atoms with van der Waals surface area (Å²) in [6.45, 7) is 1.88. The molecular weight excluding hydrogens is 212 g/mol. The minimum absolute atomic E-state index is 0.284. The van der Waals surface area contributed by atoms with E-state index in [1.807, 2.05) is 49.4 Å². The Labute approximate surface area is 98.8 Å². The third-order valence-electron chi connectivity index (χ3n) is 2.88. The number of fused-ring (bicyclic) bond motifs is 1. The van der Waals surface area contributed by atoms with E-state index in [9.17, 15) is 5.11 Å². The van der Waals surface area contributed by atoms with E-state index in [0.29, 0.717) is 5.82 Å². The number of nitrogens with one attached hydrogen (secondary N) is 1. The van der Waals surface area contributed by atoms with Crippen LogP contribution in [0, 0.1) is 6.92 Å². The minimum atomic E-state index is 0.284. The van der Waals surface area contributed by atoms with Crippen molar-refractivity contribution in [3.63, 3.8) is 0 Å². The Morgan fingerprint density at radius 1 is 1.06 bits per heavy atom. The Morgan fingerprint density at radius 2 is 1.88 bits per heavy atom. The Balaban J connectivity index is 2.24. The lowest BCUT2D eigenvalue weighted by Crippen LogP contribution is -1.83. The van der Waals surface area contributed by atoms with Gasteiger partial charge in [-0.3, -0.25) is 0 Å². The van der Waals surface area contributed by atoms with Gasteiger partial charge in [0.05, 0.1) is 16.6 Å². The van der Waals surface area contributed by atoms with Crippen molar-refractivity contribution < 1.29 is 5.11 Å². The van der Waals surface area contributed by atoms with Crippen molar-refractivity contribution in [2.45, 2.75) is 6.92 Å². The van der Waals surface area contributed by atoms with Gasteiger partial charge in [-0.25, -0.2) is 4.98 Å². The molecule has 0 aliphatic heterocycles. The molecule has 0 aliphatic rings. The molecule has 1 aromatic heterocycles. The number of imidazole rings is 1. The fourth-order valence-electron chi connectivity index (χ4n) is 1.93. The highest BCUT2D eigenvalue weighted by atomic mass is 16.3. The molecular formula is C14H12N2O. The second kappa shape index (κ2) is 3.63. The van der Waals surface area contributed by atoms with E-state index in [4.69, 9.17) is 0 Å². The summed E-state index contributed by atoms with van der Waals surface area (Å²) in [5, 5.41) is 10.0. The molecule has 0 atom stereocenters. The van der Waals surface area contributed by atoms with Crippen LogP contribution in [0.15, 0.2) is 42.5 Å². The highest BCUT2D eigenvalue weighted by molar-refractivity contribution is 5.80. The molecule has 0 saturated carbocycles. The zero-order valence-corrected chi connectivity index (χ0v) is 9.44. The molecule has 0 amide bonds. The largest absolute Gasteiger partial charge is 0.507 e. The van der Waals surface area contributed by atoms with Crippen molar-refractivity contribution in [1.82, 2.24) is 9.97 Å². The van der Waals surface area contributed by atoms with E-state index in [1.165, 1.54) is 0 Å². The van der Waals surface area contributed by atoms with Gasteiger partial charge in [0.2, 0.25) is 0 Å². The SMILES string of the molecule is Cc1cccc(-c2nc3ccccc3[nH]2)c1O. The summed E-state index contributed by atoms with van der Waals surface area (Å²) >= 11 is 0.